The smallest absolute Gasteiger partial charge is 0.300 e. The van der Waals surface area contributed by atoms with Gasteiger partial charge in [-0.15, -0.1) is 0 Å². The molecular weight excluding hydrogens is 478 g/mol. The third kappa shape index (κ3) is 5.09. The molecule has 0 bridgehead atoms. The standard InChI is InChI=1S/C26H24O3P2.C2H4O2/c1-26(27,30(28,22-14-6-2-7-15-22)23-16-8-3-9-17-23)31(29,24-18-10-4-11-19-24)25-20-12-5-13-21-25;1-2(3)4/h2-21,27H,1H3;1H3,(H,3,4). The predicted octanol–water partition coefficient (Wildman–Crippen LogP) is 4.77. The topological polar surface area (TPSA) is 91.7 Å². The zero-order chi connectivity index (χ0) is 25.5. The van der Waals surface area contributed by atoms with Crippen molar-refractivity contribution in [1.29, 1.82) is 0 Å². The van der Waals surface area contributed by atoms with Gasteiger partial charge in [0.2, 0.25) is 0 Å². The van der Waals surface area contributed by atoms with Crippen molar-refractivity contribution in [2.24, 2.45) is 0 Å². The summed E-state index contributed by atoms with van der Waals surface area (Å²) in [6.07, 6.45) is 0. The van der Waals surface area contributed by atoms with Gasteiger partial charge in [0.25, 0.3) is 5.97 Å². The molecule has 0 spiro atoms. The Morgan fingerprint density at radius 3 is 0.914 bits per heavy atom. The van der Waals surface area contributed by atoms with Crippen molar-refractivity contribution in [3.05, 3.63) is 121 Å². The molecule has 0 fully saturated rings. The van der Waals surface area contributed by atoms with Crippen molar-refractivity contribution in [3.63, 3.8) is 0 Å². The maximum absolute atomic E-state index is 15.0. The van der Waals surface area contributed by atoms with Gasteiger partial charge >= 0.3 is 0 Å². The molecular formula is C28H28O5P2. The van der Waals surface area contributed by atoms with Gasteiger partial charge in [0.15, 0.2) is 19.4 Å². The summed E-state index contributed by atoms with van der Waals surface area (Å²) in [6.45, 7) is 2.55. The maximum Gasteiger partial charge on any atom is 0.300 e. The first-order chi connectivity index (χ1) is 16.7. The molecule has 0 unspecified atom stereocenters. The highest BCUT2D eigenvalue weighted by atomic mass is 31.2. The molecule has 0 aliphatic carbocycles. The normalized spacial score (nSPS) is 11.7. The largest absolute Gasteiger partial charge is 0.481 e. The van der Waals surface area contributed by atoms with Crippen molar-refractivity contribution >= 4 is 41.5 Å². The van der Waals surface area contributed by atoms with Gasteiger partial charge in [-0.3, -0.25) is 4.79 Å². The summed E-state index contributed by atoms with van der Waals surface area (Å²) in [6, 6.07) is 35.6. The Bertz CT molecular complexity index is 1150. The first-order valence-corrected chi connectivity index (χ1v) is 14.4. The lowest BCUT2D eigenvalue weighted by Crippen LogP contribution is -2.41. The van der Waals surface area contributed by atoms with E-state index in [0.29, 0.717) is 21.2 Å². The molecule has 0 amide bonds. The Kier molecular flexibility index (Phi) is 8.30. The fourth-order valence-corrected chi connectivity index (χ4v) is 11.9. The van der Waals surface area contributed by atoms with Crippen LogP contribution in [0.2, 0.25) is 0 Å². The van der Waals surface area contributed by atoms with Gasteiger partial charge in [0, 0.05) is 28.1 Å². The average molecular weight is 506 g/mol. The van der Waals surface area contributed by atoms with Gasteiger partial charge in [-0.25, -0.2) is 0 Å². The molecule has 4 aromatic rings. The van der Waals surface area contributed by atoms with Gasteiger partial charge in [0.05, 0.1) is 0 Å². The Hall–Kier alpha value is -3.23. The lowest BCUT2D eigenvalue weighted by atomic mass is 10.4. The van der Waals surface area contributed by atoms with Gasteiger partial charge in [-0.2, -0.15) is 0 Å². The van der Waals surface area contributed by atoms with Crippen LogP contribution in [0.25, 0.3) is 0 Å². The van der Waals surface area contributed by atoms with Gasteiger partial charge in [-0.05, 0) is 6.92 Å². The zero-order valence-corrected chi connectivity index (χ0v) is 21.3. The maximum atomic E-state index is 15.0. The molecule has 5 nitrogen and oxygen atoms in total. The molecule has 35 heavy (non-hydrogen) atoms. The monoisotopic (exact) mass is 506 g/mol. The Balaban J connectivity index is 0.000000795. The van der Waals surface area contributed by atoms with E-state index in [0.717, 1.165) is 6.92 Å². The SMILES string of the molecule is CC(=O)O.CC(O)(P(=O)(c1ccccc1)c1ccccc1)P(=O)(c1ccccc1)c1ccccc1. The number of carboxylic acids is 1. The van der Waals surface area contributed by atoms with Crippen LogP contribution in [0.4, 0.5) is 0 Å². The van der Waals surface area contributed by atoms with E-state index in [1.165, 1.54) is 6.92 Å². The Morgan fingerprint density at radius 1 is 0.571 bits per heavy atom. The van der Waals surface area contributed by atoms with Crippen LogP contribution >= 0.6 is 14.3 Å². The average Bonchev–Trinajstić information content (AvgIpc) is 2.89. The number of aliphatic carboxylic acids is 1. The fraction of sp³-hybridized carbons (Fsp3) is 0.107. The highest BCUT2D eigenvalue weighted by Gasteiger charge is 2.58. The van der Waals surface area contributed by atoms with Crippen LogP contribution in [0, 0.1) is 0 Å². The van der Waals surface area contributed by atoms with Gasteiger partial charge < -0.3 is 19.3 Å². The minimum atomic E-state index is -3.79. The number of carbonyl (C=O) groups is 1. The second-order valence-corrected chi connectivity index (χ2v) is 14.6. The number of carboxylic acid groups (broad SMARTS) is 1. The molecule has 0 aliphatic heterocycles. The van der Waals surface area contributed by atoms with Gasteiger partial charge in [0.1, 0.15) is 0 Å². The molecule has 7 heteroatoms. The van der Waals surface area contributed by atoms with Crippen LogP contribution in [0.3, 0.4) is 0 Å². The first-order valence-electron chi connectivity index (χ1n) is 11.0. The molecule has 0 aliphatic rings. The quantitative estimate of drug-likeness (QED) is 0.368. The third-order valence-electron chi connectivity index (χ3n) is 5.67. The van der Waals surface area contributed by atoms with Crippen molar-refractivity contribution < 1.29 is 24.1 Å². The molecule has 0 aromatic heterocycles. The summed E-state index contributed by atoms with van der Waals surface area (Å²) in [4.78, 5) is 9.00. The van der Waals surface area contributed by atoms with E-state index >= 15 is 9.13 Å². The Labute approximate surface area is 205 Å². The van der Waals surface area contributed by atoms with Crippen molar-refractivity contribution in [2.75, 3.05) is 0 Å². The lowest BCUT2D eigenvalue weighted by molar-refractivity contribution is -0.134. The first kappa shape index (κ1) is 26.4. The molecule has 4 aromatic carbocycles. The summed E-state index contributed by atoms with van der Waals surface area (Å²) in [7, 11) is -7.57. The summed E-state index contributed by atoms with van der Waals surface area (Å²) in [5, 5.41) is 19.5. The highest BCUT2D eigenvalue weighted by molar-refractivity contribution is 7.96. The number of benzene rings is 4. The van der Waals surface area contributed by atoms with E-state index in [4.69, 9.17) is 9.90 Å². The van der Waals surface area contributed by atoms with Crippen LogP contribution < -0.4 is 21.2 Å². The van der Waals surface area contributed by atoms with Crippen molar-refractivity contribution in [1.82, 2.24) is 0 Å². The number of aliphatic hydroxyl groups is 1. The molecule has 0 radical (unpaired) electrons. The number of hydrogen-bond donors (Lipinski definition) is 2. The van der Waals surface area contributed by atoms with Crippen LogP contribution in [0.15, 0.2) is 121 Å². The molecule has 0 heterocycles. The molecule has 2 N–H and O–H groups in total. The van der Waals surface area contributed by atoms with Crippen molar-refractivity contribution in [3.8, 4) is 0 Å². The summed E-state index contributed by atoms with van der Waals surface area (Å²) in [5.41, 5.74) is 0. The van der Waals surface area contributed by atoms with E-state index in [9.17, 15) is 5.11 Å². The van der Waals surface area contributed by atoms with Gasteiger partial charge in [-0.1, -0.05) is 121 Å². The third-order valence-corrected chi connectivity index (χ3v) is 13.8. The zero-order valence-electron chi connectivity index (χ0n) is 19.6. The molecule has 0 saturated carbocycles. The second-order valence-electron chi connectivity index (χ2n) is 8.05. The number of hydrogen-bond acceptors (Lipinski definition) is 4. The van der Waals surface area contributed by atoms with E-state index in [1.807, 2.05) is 24.3 Å². The minimum Gasteiger partial charge on any atom is -0.481 e. The van der Waals surface area contributed by atoms with E-state index < -0.39 is 25.3 Å². The summed E-state index contributed by atoms with van der Waals surface area (Å²) in [5.74, 6) is -0.833. The molecule has 4 rings (SSSR count). The Morgan fingerprint density at radius 2 is 0.743 bits per heavy atom. The highest BCUT2D eigenvalue weighted by Crippen LogP contribution is 2.72. The van der Waals surface area contributed by atoms with Crippen molar-refractivity contribution in [2.45, 2.75) is 18.9 Å². The van der Waals surface area contributed by atoms with E-state index in [1.54, 1.807) is 97.1 Å². The lowest BCUT2D eigenvalue weighted by Gasteiger charge is -2.40. The molecule has 0 atom stereocenters. The number of rotatable bonds is 6. The predicted molar refractivity (Wildman–Crippen MR) is 143 cm³/mol. The molecule has 0 saturated heterocycles. The van der Waals surface area contributed by atoms with Crippen LogP contribution in [0.1, 0.15) is 13.8 Å². The summed E-state index contributed by atoms with van der Waals surface area (Å²) >= 11 is 0. The molecule has 180 valence electrons. The minimum absolute atomic E-state index is 0.471. The van der Waals surface area contributed by atoms with Crippen LogP contribution in [-0.2, 0) is 13.9 Å². The summed E-state index contributed by atoms with van der Waals surface area (Å²) < 4.78 is 30.0. The van der Waals surface area contributed by atoms with Crippen LogP contribution in [-0.4, -0.2) is 21.3 Å². The van der Waals surface area contributed by atoms with Crippen LogP contribution in [0.5, 0.6) is 0 Å². The fourth-order valence-electron chi connectivity index (χ4n) is 4.03. The van der Waals surface area contributed by atoms with E-state index in [-0.39, 0.29) is 0 Å². The second kappa shape index (κ2) is 11.0. The van der Waals surface area contributed by atoms with E-state index in [2.05, 4.69) is 0 Å².